The Morgan fingerprint density at radius 1 is 1.30 bits per heavy atom. The molecule has 0 bridgehead atoms. The fraction of sp³-hybridized carbons (Fsp3) is 0.312. The average molecular weight is 343 g/mol. The third-order valence-electron chi connectivity index (χ3n) is 3.78. The van der Waals surface area contributed by atoms with Gasteiger partial charge >= 0.3 is 0 Å². The van der Waals surface area contributed by atoms with E-state index in [1.54, 1.807) is 23.1 Å². The molecule has 0 spiro atoms. The zero-order valence-corrected chi connectivity index (χ0v) is 14.2. The molecule has 1 aromatic carbocycles. The van der Waals surface area contributed by atoms with Gasteiger partial charge in [0.15, 0.2) is 10.2 Å². The second-order valence-electron chi connectivity index (χ2n) is 5.39. The van der Waals surface area contributed by atoms with Crippen LogP contribution in [0, 0.1) is 0 Å². The molecule has 23 heavy (non-hydrogen) atoms. The van der Waals surface area contributed by atoms with Gasteiger partial charge in [0.1, 0.15) is 0 Å². The number of hydrogen-bond acceptors (Lipinski definition) is 6. The van der Waals surface area contributed by atoms with Gasteiger partial charge in [0, 0.05) is 5.75 Å². The van der Waals surface area contributed by atoms with Gasteiger partial charge in [-0.15, -0.1) is 15.3 Å². The first-order chi connectivity index (χ1) is 11.4. The highest BCUT2D eigenvalue weighted by atomic mass is 32.2. The molecule has 3 aromatic rings. The molecule has 7 heteroatoms. The molecule has 1 saturated heterocycles. The quantitative estimate of drug-likeness (QED) is 0.720. The molecule has 1 atom stereocenters. The van der Waals surface area contributed by atoms with Crippen LogP contribution in [0.4, 0.5) is 0 Å². The number of fused-ring (bicyclic) bond motifs is 1. The summed E-state index contributed by atoms with van der Waals surface area (Å²) in [6, 6.07) is 10.6. The van der Waals surface area contributed by atoms with Crippen molar-refractivity contribution < 1.29 is 0 Å². The van der Waals surface area contributed by atoms with Crippen LogP contribution < -0.4 is 5.32 Å². The van der Waals surface area contributed by atoms with Crippen molar-refractivity contribution in [1.82, 2.24) is 25.1 Å². The molecule has 1 aliphatic rings. The minimum atomic E-state index is 0.294. The Labute approximate surface area is 142 Å². The van der Waals surface area contributed by atoms with Gasteiger partial charge in [0.25, 0.3) is 0 Å². The summed E-state index contributed by atoms with van der Waals surface area (Å²) in [6.45, 7) is 1.05. The van der Waals surface area contributed by atoms with Crippen LogP contribution in [-0.2, 0) is 0 Å². The minimum Gasteiger partial charge on any atom is -0.307 e. The Kier molecular flexibility index (Phi) is 4.41. The van der Waals surface area contributed by atoms with Crippen LogP contribution in [0.15, 0.2) is 40.7 Å². The molecule has 4 rings (SSSR count). The fourth-order valence-electron chi connectivity index (χ4n) is 2.66. The number of thioether (sulfide) groups is 1. The van der Waals surface area contributed by atoms with E-state index in [9.17, 15) is 0 Å². The van der Waals surface area contributed by atoms with Gasteiger partial charge in [-0.25, -0.2) is 0 Å². The van der Waals surface area contributed by atoms with E-state index < -0.39 is 0 Å². The lowest BCUT2D eigenvalue weighted by Gasteiger charge is -2.04. The summed E-state index contributed by atoms with van der Waals surface area (Å²) in [5.74, 6) is 1.84. The number of aromatic nitrogens is 4. The summed E-state index contributed by atoms with van der Waals surface area (Å²) >= 11 is 3.34. The molecule has 2 aromatic heterocycles. The van der Waals surface area contributed by atoms with E-state index in [0.717, 1.165) is 33.8 Å². The van der Waals surface area contributed by atoms with E-state index >= 15 is 0 Å². The Balaban J connectivity index is 1.42. The first-order valence-corrected chi connectivity index (χ1v) is 9.50. The van der Waals surface area contributed by atoms with Crippen LogP contribution in [-0.4, -0.2) is 32.1 Å². The van der Waals surface area contributed by atoms with Gasteiger partial charge in [-0.05, 0) is 24.9 Å². The molecule has 0 radical (unpaired) electrons. The van der Waals surface area contributed by atoms with E-state index in [2.05, 4.69) is 44.9 Å². The van der Waals surface area contributed by atoms with Crippen LogP contribution in [0.25, 0.3) is 11.0 Å². The van der Waals surface area contributed by atoms with E-state index in [1.165, 1.54) is 12.0 Å². The predicted octanol–water partition coefficient (Wildman–Crippen LogP) is 3.42. The van der Waals surface area contributed by atoms with Crippen molar-refractivity contribution in [2.75, 3.05) is 12.3 Å². The topological polar surface area (TPSA) is 55.1 Å². The van der Waals surface area contributed by atoms with Crippen molar-refractivity contribution in [2.24, 2.45) is 0 Å². The molecule has 1 aliphatic heterocycles. The maximum Gasteiger partial charge on any atom is 0.235 e. The summed E-state index contributed by atoms with van der Waals surface area (Å²) < 4.78 is 2.93. The molecular formula is C16H17N5S2. The SMILES string of the molecule is C(=C\c1ccccc1)/CSc1nn2c([C@H]3CCCN3)nnc2s1. The molecule has 0 amide bonds. The zero-order chi connectivity index (χ0) is 15.5. The lowest BCUT2D eigenvalue weighted by molar-refractivity contribution is 0.582. The number of benzene rings is 1. The average Bonchev–Trinajstić information content (AvgIpc) is 3.29. The maximum absolute atomic E-state index is 4.66. The summed E-state index contributed by atoms with van der Waals surface area (Å²) in [7, 11) is 0. The standard InChI is InChI=1S/C16H17N5S2/c1-2-6-12(7-3-1)8-5-11-22-16-20-21-14(13-9-4-10-17-13)18-19-15(21)23-16/h1-3,5-8,13,17H,4,9-11H2/b8-5+/t13-/m1/s1. The number of rotatable bonds is 5. The van der Waals surface area contributed by atoms with Gasteiger partial charge in [-0.2, -0.15) is 4.52 Å². The van der Waals surface area contributed by atoms with Crippen LogP contribution in [0.3, 0.4) is 0 Å². The number of nitrogens with zero attached hydrogens (tertiary/aromatic N) is 4. The third-order valence-corrected chi connectivity index (χ3v) is 5.77. The molecule has 0 aliphatic carbocycles. The molecule has 1 fully saturated rings. The first kappa shape index (κ1) is 14.9. The van der Waals surface area contributed by atoms with Crippen molar-refractivity contribution in [2.45, 2.75) is 23.2 Å². The molecule has 1 N–H and O–H groups in total. The Morgan fingerprint density at radius 2 is 2.22 bits per heavy atom. The lowest BCUT2D eigenvalue weighted by Crippen LogP contribution is -2.16. The van der Waals surface area contributed by atoms with E-state index in [1.807, 2.05) is 22.7 Å². The van der Waals surface area contributed by atoms with Crippen molar-refractivity contribution in [1.29, 1.82) is 0 Å². The highest BCUT2D eigenvalue weighted by Gasteiger charge is 2.23. The predicted molar refractivity (Wildman–Crippen MR) is 94.8 cm³/mol. The molecular weight excluding hydrogens is 326 g/mol. The summed E-state index contributed by atoms with van der Waals surface area (Å²) in [5, 5.41) is 16.7. The molecule has 5 nitrogen and oxygen atoms in total. The van der Waals surface area contributed by atoms with Crippen molar-refractivity contribution in [3.8, 4) is 0 Å². The monoisotopic (exact) mass is 343 g/mol. The van der Waals surface area contributed by atoms with Crippen LogP contribution in [0.5, 0.6) is 0 Å². The smallest absolute Gasteiger partial charge is 0.235 e. The summed E-state index contributed by atoms with van der Waals surface area (Å²) in [5.41, 5.74) is 1.22. The fourth-order valence-corrected chi connectivity index (χ4v) is 4.38. The van der Waals surface area contributed by atoms with E-state index in [4.69, 9.17) is 0 Å². The van der Waals surface area contributed by atoms with Gasteiger partial charge < -0.3 is 5.32 Å². The Bertz CT molecular complexity index is 802. The van der Waals surface area contributed by atoms with Crippen LogP contribution in [0.1, 0.15) is 30.3 Å². The van der Waals surface area contributed by atoms with Crippen molar-refractivity contribution in [3.05, 3.63) is 47.8 Å². The molecule has 3 heterocycles. The van der Waals surface area contributed by atoms with E-state index in [-0.39, 0.29) is 0 Å². The second-order valence-corrected chi connectivity index (χ2v) is 7.62. The summed E-state index contributed by atoms with van der Waals surface area (Å²) in [4.78, 5) is 0.878. The van der Waals surface area contributed by atoms with Crippen molar-refractivity contribution in [3.63, 3.8) is 0 Å². The van der Waals surface area contributed by atoms with Crippen LogP contribution >= 0.6 is 23.1 Å². The first-order valence-electron chi connectivity index (χ1n) is 7.70. The van der Waals surface area contributed by atoms with Gasteiger partial charge in [-0.3, -0.25) is 0 Å². The third kappa shape index (κ3) is 3.31. The van der Waals surface area contributed by atoms with Gasteiger partial charge in [0.05, 0.1) is 6.04 Å². The Morgan fingerprint density at radius 3 is 3.04 bits per heavy atom. The normalized spacial score (nSPS) is 18.3. The van der Waals surface area contributed by atoms with E-state index in [0.29, 0.717) is 6.04 Å². The van der Waals surface area contributed by atoms with Crippen molar-refractivity contribution >= 4 is 34.1 Å². The zero-order valence-electron chi connectivity index (χ0n) is 12.6. The maximum atomic E-state index is 4.66. The lowest BCUT2D eigenvalue weighted by atomic mass is 10.2. The minimum absolute atomic E-state index is 0.294. The largest absolute Gasteiger partial charge is 0.307 e. The Hall–Kier alpha value is -1.70. The number of nitrogens with one attached hydrogen (secondary N) is 1. The second kappa shape index (κ2) is 6.82. The van der Waals surface area contributed by atoms with Gasteiger partial charge in [0.2, 0.25) is 4.96 Å². The molecule has 0 saturated carbocycles. The van der Waals surface area contributed by atoms with Crippen LogP contribution in [0.2, 0.25) is 0 Å². The van der Waals surface area contributed by atoms with Gasteiger partial charge in [-0.1, -0.05) is 65.6 Å². The highest BCUT2D eigenvalue weighted by molar-refractivity contribution is 8.01. The highest BCUT2D eigenvalue weighted by Crippen LogP contribution is 2.28. The number of hydrogen-bond donors (Lipinski definition) is 1. The summed E-state index contributed by atoms with van der Waals surface area (Å²) in [6.07, 6.45) is 6.61. The molecule has 118 valence electrons. The molecule has 0 unspecified atom stereocenters.